The number of nitrogens with one attached hydrogen (secondary N) is 1. The molecule has 86 valence electrons. The molecular formula is C10H17NO4. The molecule has 0 unspecified atom stereocenters. The monoisotopic (exact) mass is 215 g/mol. The summed E-state index contributed by atoms with van der Waals surface area (Å²) in [4.78, 5) is 21.6. The van der Waals surface area contributed by atoms with Crippen molar-refractivity contribution in [2.24, 2.45) is 5.41 Å². The summed E-state index contributed by atoms with van der Waals surface area (Å²) >= 11 is 0. The van der Waals surface area contributed by atoms with Crippen molar-refractivity contribution >= 4 is 11.9 Å². The minimum atomic E-state index is -0.817. The summed E-state index contributed by atoms with van der Waals surface area (Å²) in [5.41, 5.74) is -0.324. The van der Waals surface area contributed by atoms with Crippen LogP contribution in [0, 0.1) is 5.41 Å². The van der Waals surface area contributed by atoms with Crippen molar-refractivity contribution in [3.05, 3.63) is 0 Å². The fraction of sp³-hybridized carbons (Fsp3) is 0.800. The number of carboxylic acids is 1. The summed E-state index contributed by atoms with van der Waals surface area (Å²) < 4.78 is 5.21. The third kappa shape index (κ3) is 3.87. The van der Waals surface area contributed by atoms with Crippen molar-refractivity contribution in [3.8, 4) is 0 Å². The Balaban J connectivity index is 2.57. The van der Waals surface area contributed by atoms with Crippen molar-refractivity contribution < 1.29 is 19.4 Å². The Labute approximate surface area is 88.8 Å². The fourth-order valence-electron chi connectivity index (χ4n) is 1.85. The standard InChI is InChI=1S/C10H17NO4/c1-8(12)11-7-10(6-9(13)14)2-4-15-5-3-10/h2-7H2,1H3,(H,11,12)(H,13,14). The lowest BCUT2D eigenvalue weighted by atomic mass is 9.77. The van der Waals surface area contributed by atoms with Crippen LogP contribution < -0.4 is 5.32 Å². The van der Waals surface area contributed by atoms with Gasteiger partial charge in [0, 0.05) is 32.1 Å². The molecule has 0 aromatic heterocycles. The van der Waals surface area contributed by atoms with Gasteiger partial charge in [-0.1, -0.05) is 0 Å². The van der Waals surface area contributed by atoms with Crippen LogP contribution in [0.4, 0.5) is 0 Å². The molecule has 0 aromatic carbocycles. The summed E-state index contributed by atoms with van der Waals surface area (Å²) in [6, 6.07) is 0. The largest absolute Gasteiger partial charge is 0.481 e. The quantitative estimate of drug-likeness (QED) is 0.711. The molecule has 1 fully saturated rings. The third-order valence-corrected chi connectivity index (χ3v) is 2.79. The Bertz CT molecular complexity index is 246. The highest BCUT2D eigenvalue weighted by Crippen LogP contribution is 2.33. The number of rotatable bonds is 4. The van der Waals surface area contributed by atoms with Crippen LogP contribution in [0.3, 0.4) is 0 Å². The number of hydrogen-bond acceptors (Lipinski definition) is 3. The van der Waals surface area contributed by atoms with Gasteiger partial charge in [-0.3, -0.25) is 9.59 Å². The first-order chi connectivity index (χ1) is 7.04. The smallest absolute Gasteiger partial charge is 0.303 e. The number of carbonyl (C=O) groups excluding carboxylic acids is 1. The van der Waals surface area contributed by atoms with Crippen LogP contribution in [-0.4, -0.2) is 36.7 Å². The molecular weight excluding hydrogens is 198 g/mol. The molecule has 1 amide bonds. The molecule has 5 nitrogen and oxygen atoms in total. The summed E-state index contributed by atoms with van der Waals surface area (Å²) in [5, 5.41) is 11.5. The summed E-state index contributed by atoms with van der Waals surface area (Å²) in [6.45, 7) is 3.02. The molecule has 5 heteroatoms. The van der Waals surface area contributed by atoms with Gasteiger partial charge in [0.15, 0.2) is 0 Å². The first-order valence-electron chi connectivity index (χ1n) is 5.08. The average molecular weight is 215 g/mol. The zero-order valence-corrected chi connectivity index (χ0v) is 8.91. The molecule has 0 spiro atoms. The number of carbonyl (C=O) groups is 2. The highest BCUT2D eigenvalue weighted by molar-refractivity contribution is 5.73. The summed E-state index contributed by atoms with van der Waals surface area (Å²) in [7, 11) is 0. The van der Waals surface area contributed by atoms with Crippen molar-refractivity contribution in [1.82, 2.24) is 5.32 Å². The van der Waals surface area contributed by atoms with Gasteiger partial charge in [0.1, 0.15) is 0 Å². The molecule has 0 aliphatic carbocycles. The van der Waals surface area contributed by atoms with E-state index in [2.05, 4.69) is 5.32 Å². The van der Waals surface area contributed by atoms with Gasteiger partial charge in [-0.2, -0.15) is 0 Å². The van der Waals surface area contributed by atoms with E-state index in [1.807, 2.05) is 0 Å². The Morgan fingerprint density at radius 2 is 2.00 bits per heavy atom. The Morgan fingerprint density at radius 1 is 1.40 bits per heavy atom. The highest BCUT2D eigenvalue weighted by Gasteiger charge is 2.34. The molecule has 0 bridgehead atoms. The van der Waals surface area contributed by atoms with Gasteiger partial charge in [-0.05, 0) is 12.8 Å². The van der Waals surface area contributed by atoms with Crippen LogP contribution in [0.15, 0.2) is 0 Å². The molecule has 1 saturated heterocycles. The zero-order valence-electron chi connectivity index (χ0n) is 8.91. The van der Waals surface area contributed by atoms with Crippen molar-refractivity contribution in [2.75, 3.05) is 19.8 Å². The lowest BCUT2D eigenvalue weighted by Gasteiger charge is -2.35. The van der Waals surface area contributed by atoms with E-state index >= 15 is 0 Å². The lowest BCUT2D eigenvalue weighted by Crippen LogP contribution is -2.42. The normalized spacial score (nSPS) is 19.5. The van der Waals surface area contributed by atoms with Crippen LogP contribution >= 0.6 is 0 Å². The maximum atomic E-state index is 10.8. The van der Waals surface area contributed by atoms with E-state index in [0.717, 1.165) is 0 Å². The Kier molecular flexibility index (Phi) is 4.08. The SMILES string of the molecule is CC(=O)NCC1(CC(=O)O)CCOCC1. The number of carboxylic acid groups (broad SMARTS) is 1. The first-order valence-corrected chi connectivity index (χ1v) is 5.08. The number of amides is 1. The van der Waals surface area contributed by atoms with Crippen LogP contribution in [-0.2, 0) is 14.3 Å². The van der Waals surface area contributed by atoms with Crippen molar-refractivity contribution in [2.45, 2.75) is 26.2 Å². The topological polar surface area (TPSA) is 75.6 Å². The van der Waals surface area contributed by atoms with Gasteiger partial charge in [-0.25, -0.2) is 0 Å². The van der Waals surface area contributed by atoms with Gasteiger partial charge in [0.2, 0.25) is 5.91 Å². The van der Waals surface area contributed by atoms with Crippen LogP contribution in [0.25, 0.3) is 0 Å². The molecule has 1 aliphatic rings. The lowest BCUT2D eigenvalue weighted by molar-refractivity contribution is -0.142. The van der Waals surface area contributed by atoms with E-state index in [9.17, 15) is 9.59 Å². The van der Waals surface area contributed by atoms with Gasteiger partial charge in [-0.15, -0.1) is 0 Å². The van der Waals surface area contributed by atoms with E-state index in [0.29, 0.717) is 32.6 Å². The average Bonchev–Trinajstić information content (AvgIpc) is 2.15. The molecule has 1 aliphatic heterocycles. The van der Waals surface area contributed by atoms with E-state index in [1.165, 1.54) is 6.92 Å². The van der Waals surface area contributed by atoms with Crippen LogP contribution in [0.2, 0.25) is 0 Å². The van der Waals surface area contributed by atoms with Gasteiger partial charge in [0.25, 0.3) is 0 Å². The predicted octanol–water partition coefficient (Wildman–Crippen LogP) is 0.394. The Morgan fingerprint density at radius 3 is 2.47 bits per heavy atom. The molecule has 1 heterocycles. The first kappa shape index (κ1) is 12.0. The highest BCUT2D eigenvalue weighted by atomic mass is 16.5. The van der Waals surface area contributed by atoms with E-state index in [1.54, 1.807) is 0 Å². The molecule has 0 radical (unpaired) electrons. The number of aliphatic carboxylic acids is 1. The fourth-order valence-corrected chi connectivity index (χ4v) is 1.85. The number of hydrogen-bond donors (Lipinski definition) is 2. The van der Waals surface area contributed by atoms with E-state index < -0.39 is 5.97 Å². The van der Waals surface area contributed by atoms with Crippen LogP contribution in [0.1, 0.15) is 26.2 Å². The van der Waals surface area contributed by atoms with Gasteiger partial charge >= 0.3 is 5.97 Å². The molecule has 0 saturated carbocycles. The summed E-state index contributed by atoms with van der Waals surface area (Å²) in [5.74, 6) is -0.937. The van der Waals surface area contributed by atoms with E-state index in [-0.39, 0.29) is 17.7 Å². The predicted molar refractivity (Wildman–Crippen MR) is 53.4 cm³/mol. The zero-order chi connectivity index (χ0) is 11.3. The third-order valence-electron chi connectivity index (χ3n) is 2.79. The van der Waals surface area contributed by atoms with Crippen molar-refractivity contribution in [3.63, 3.8) is 0 Å². The maximum Gasteiger partial charge on any atom is 0.303 e. The number of ether oxygens (including phenoxy) is 1. The minimum Gasteiger partial charge on any atom is -0.481 e. The van der Waals surface area contributed by atoms with E-state index in [4.69, 9.17) is 9.84 Å². The molecule has 15 heavy (non-hydrogen) atoms. The van der Waals surface area contributed by atoms with Crippen molar-refractivity contribution in [1.29, 1.82) is 0 Å². The Hall–Kier alpha value is -1.10. The second kappa shape index (κ2) is 5.11. The second-order valence-electron chi connectivity index (χ2n) is 4.09. The summed E-state index contributed by atoms with van der Waals surface area (Å²) in [6.07, 6.45) is 1.48. The minimum absolute atomic E-state index is 0.0939. The maximum absolute atomic E-state index is 10.8. The second-order valence-corrected chi connectivity index (χ2v) is 4.09. The van der Waals surface area contributed by atoms with Gasteiger partial charge < -0.3 is 15.2 Å². The van der Waals surface area contributed by atoms with Gasteiger partial charge in [0.05, 0.1) is 6.42 Å². The molecule has 0 aromatic rings. The van der Waals surface area contributed by atoms with Crippen LogP contribution in [0.5, 0.6) is 0 Å². The molecule has 2 N–H and O–H groups in total. The molecule has 0 atom stereocenters. The molecule has 1 rings (SSSR count).